The number of aliphatic carboxylic acids is 1. The van der Waals surface area contributed by atoms with Crippen molar-refractivity contribution in [3.63, 3.8) is 0 Å². The average molecular weight is 368 g/mol. The molecule has 27 heavy (non-hydrogen) atoms. The normalized spacial score (nSPS) is 12.6. The van der Waals surface area contributed by atoms with Crippen LogP contribution in [0.25, 0.3) is 0 Å². The lowest BCUT2D eigenvalue weighted by molar-refractivity contribution is -0.138. The monoisotopic (exact) mass is 368 g/mol. The molecule has 0 saturated carbocycles. The summed E-state index contributed by atoms with van der Waals surface area (Å²) in [5.74, 6) is -1.05. The van der Waals surface area contributed by atoms with E-state index in [9.17, 15) is 9.59 Å². The summed E-state index contributed by atoms with van der Waals surface area (Å²) in [6, 6.07) is 15.4. The van der Waals surface area contributed by atoms with Gasteiger partial charge in [0, 0.05) is 0 Å². The van der Waals surface area contributed by atoms with Crippen LogP contribution in [0.5, 0.6) is 0 Å². The van der Waals surface area contributed by atoms with Crippen molar-refractivity contribution < 1.29 is 19.4 Å². The molecule has 2 aromatic rings. The smallest absolute Gasteiger partial charge is 0.407 e. The van der Waals surface area contributed by atoms with E-state index < -0.39 is 18.1 Å². The Kier molecular flexibility index (Phi) is 7.58. The van der Waals surface area contributed by atoms with Gasteiger partial charge in [-0.15, -0.1) is 6.58 Å². The van der Waals surface area contributed by atoms with Gasteiger partial charge in [0.05, 0.1) is 6.04 Å². The van der Waals surface area contributed by atoms with Crippen LogP contribution in [0.4, 0.5) is 4.79 Å². The van der Waals surface area contributed by atoms with Crippen molar-refractivity contribution in [2.75, 3.05) is 0 Å². The van der Waals surface area contributed by atoms with Gasteiger partial charge in [-0.1, -0.05) is 60.7 Å². The number of nitrogens with one attached hydrogen (secondary N) is 1. The summed E-state index contributed by atoms with van der Waals surface area (Å²) >= 11 is 0. The molecule has 0 radical (unpaired) electrons. The molecule has 2 atom stereocenters. The molecule has 0 fully saturated rings. The van der Waals surface area contributed by atoms with Crippen LogP contribution in [-0.4, -0.2) is 23.2 Å². The first-order valence-electron chi connectivity index (χ1n) is 8.65. The summed E-state index contributed by atoms with van der Waals surface area (Å²) in [6.45, 7) is 3.91. The molecule has 0 aliphatic carbocycles. The minimum atomic E-state index is -1.05. The minimum Gasteiger partial charge on any atom is -0.480 e. The van der Waals surface area contributed by atoms with Crippen molar-refractivity contribution in [3.8, 4) is 0 Å². The number of ether oxygens (including phenoxy) is 1. The Bertz CT molecular complexity index is 777. The van der Waals surface area contributed by atoms with Gasteiger partial charge in [-0.05, 0) is 29.5 Å². The molecule has 4 N–H and O–H groups in total. The highest BCUT2D eigenvalue weighted by molar-refractivity contribution is 5.73. The van der Waals surface area contributed by atoms with Crippen molar-refractivity contribution in [1.82, 2.24) is 5.32 Å². The molecule has 6 heteroatoms. The van der Waals surface area contributed by atoms with Gasteiger partial charge in [-0.25, -0.2) is 4.79 Å². The highest BCUT2D eigenvalue weighted by Gasteiger charge is 2.17. The number of hydrogen-bond acceptors (Lipinski definition) is 4. The van der Waals surface area contributed by atoms with E-state index in [0.717, 1.165) is 16.7 Å². The summed E-state index contributed by atoms with van der Waals surface area (Å²) < 4.78 is 5.27. The molecular weight excluding hydrogens is 344 g/mol. The third kappa shape index (κ3) is 6.60. The van der Waals surface area contributed by atoms with E-state index in [1.165, 1.54) is 0 Å². The number of carbonyl (C=O) groups excluding carboxylic acids is 1. The maximum atomic E-state index is 12.2. The molecule has 1 unspecified atom stereocenters. The molecular formula is C21H24N2O4. The number of nitrogens with two attached hydrogens (primary N) is 1. The number of carboxylic acids is 1. The second kappa shape index (κ2) is 10.1. The predicted octanol–water partition coefficient (Wildman–Crippen LogP) is 3.18. The van der Waals surface area contributed by atoms with E-state index in [0.29, 0.717) is 6.42 Å². The average Bonchev–Trinajstić information content (AvgIpc) is 2.67. The fourth-order valence-corrected chi connectivity index (χ4v) is 2.63. The molecule has 0 spiro atoms. The van der Waals surface area contributed by atoms with Crippen molar-refractivity contribution in [2.45, 2.75) is 31.5 Å². The third-order valence-corrected chi connectivity index (χ3v) is 4.03. The molecule has 0 aliphatic rings. The van der Waals surface area contributed by atoms with Gasteiger partial charge in [0.25, 0.3) is 0 Å². The quantitative estimate of drug-likeness (QED) is 0.590. The summed E-state index contributed by atoms with van der Waals surface area (Å²) in [5.41, 5.74) is 8.13. The number of alkyl carbamates (subject to hydrolysis) is 1. The number of amides is 1. The van der Waals surface area contributed by atoms with Crippen molar-refractivity contribution in [3.05, 3.63) is 83.9 Å². The second-order valence-corrected chi connectivity index (χ2v) is 6.18. The zero-order valence-corrected chi connectivity index (χ0v) is 15.0. The maximum absolute atomic E-state index is 12.2. The summed E-state index contributed by atoms with van der Waals surface area (Å²) in [6.07, 6.45) is 1.90. The Morgan fingerprint density at radius 3 is 2.52 bits per heavy atom. The highest BCUT2D eigenvalue weighted by atomic mass is 16.5. The number of benzene rings is 2. The summed E-state index contributed by atoms with van der Waals surface area (Å²) in [4.78, 5) is 23.1. The molecule has 0 bridgehead atoms. The van der Waals surface area contributed by atoms with E-state index in [1.54, 1.807) is 6.08 Å². The maximum Gasteiger partial charge on any atom is 0.407 e. The standard InChI is InChI=1S/C21H24N2O4/c1-2-7-19(23-21(26)27-14-15-8-4-3-5-9-15)17-11-6-10-16(12-17)13-18(22)20(24)25/h2-6,8-12,18-19H,1,7,13-14,22H2,(H,23,26)(H,24,25)/t18?,19-/m0/s1. The lowest BCUT2D eigenvalue weighted by Gasteiger charge is -2.19. The predicted molar refractivity (Wildman–Crippen MR) is 103 cm³/mol. The number of carboxylic acid groups (broad SMARTS) is 1. The number of carbonyl (C=O) groups is 2. The van der Waals surface area contributed by atoms with Gasteiger partial charge >= 0.3 is 12.1 Å². The SMILES string of the molecule is C=CC[C@H](NC(=O)OCc1ccccc1)c1cccc(CC(N)C(=O)O)c1. The van der Waals surface area contributed by atoms with Gasteiger partial charge in [0.1, 0.15) is 12.6 Å². The van der Waals surface area contributed by atoms with Gasteiger partial charge in [-0.2, -0.15) is 0 Å². The van der Waals surface area contributed by atoms with E-state index in [4.69, 9.17) is 15.6 Å². The van der Waals surface area contributed by atoms with Crippen LogP contribution in [0.1, 0.15) is 29.2 Å². The summed E-state index contributed by atoms with van der Waals surface area (Å²) in [7, 11) is 0. The first kappa shape index (κ1) is 20.2. The van der Waals surface area contributed by atoms with Crippen LogP contribution < -0.4 is 11.1 Å². The second-order valence-electron chi connectivity index (χ2n) is 6.18. The fraction of sp³-hybridized carbons (Fsp3) is 0.238. The molecule has 0 saturated heterocycles. The van der Waals surface area contributed by atoms with Crippen molar-refractivity contribution in [2.24, 2.45) is 5.73 Å². The molecule has 2 aromatic carbocycles. The Morgan fingerprint density at radius 2 is 1.85 bits per heavy atom. The molecule has 2 rings (SSSR count). The molecule has 142 valence electrons. The number of rotatable bonds is 9. The van der Waals surface area contributed by atoms with Crippen LogP contribution in [0.2, 0.25) is 0 Å². The highest BCUT2D eigenvalue weighted by Crippen LogP contribution is 2.20. The lowest BCUT2D eigenvalue weighted by atomic mass is 9.98. The van der Waals surface area contributed by atoms with Crippen LogP contribution in [0.3, 0.4) is 0 Å². The Morgan fingerprint density at radius 1 is 1.15 bits per heavy atom. The van der Waals surface area contributed by atoms with Gasteiger partial charge in [0.15, 0.2) is 0 Å². The van der Waals surface area contributed by atoms with Gasteiger partial charge in [0.2, 0.25) is 0 Å². The molecule has 1 amide bonds. The Labute approximate surface area is 158 Å². The summed E-state index contributed by atoms with van der Waals surface area (Å²) in [5, 5.41) is 11.8. The van der Waals surface area contributed by atoms with Crippen molar-refractivity contribution in [1.29, 1.82) is 0 Å². The van der Waals surface area contributed by atoms with E-state index in [2.05, 4.69) is 11.9 Å². The fourth-order valence-electron chi connectivity index (χ4n) is 2.63. The largest absolute Gasteiger partial charge is 0.480 e. The molecule has 6 nitrogen and oxygen atoms in total. The molecule has 0 heterocycles. The Hall–Kier alpha value is -3.12. The topological polar surface area (TPSA) is 102 Å². The van der Waals surface area contributed by atoms with Gasteiger partial charge in [-0.3, -0.25) is 4.79 Å². The van der Waals surface area contributed by atoms with Crippen molar-refractivity contribution >= 4 is 12.1 Å². The third-order valence-electron chi connectivity index (χ3n) is 4.03. The van der Waals surface area contributed by atoms with E-state index >= 15 is 0 Å². The van der Waals surface area contributed by atoms with Crippen LogP contribution in [-0.2, 0) is 22.6 Å². The van der Waals surface area contributed by atoms with Gasteiger partial charge < -0.3 is 20.9 Å². The zero-order chi connectivity index (χ0) is 19.6. The first-order chi connectivity index (χ1) is 13.0. The molecule has 0 aliphatic heterocycles. The van der Waals surface area contributed by atoms with E-state index in [-0.39, 0.29) is 19.1 Å². The molecule has 0 aromatic heterocycles. The number of hydrogen-bond donors (Lipinski definition) is 3. The minimum absolute atomic E-state index is 0.182. The Balaban J connectivity index is 2.02. The van der Waals surface area contributed by atoms with Crippen LogP contribution >= 0.6 is 0 Å². The lowest BCUT2D eigenvalue weighted by Crippen LogP contribution is -2.32. The van der Waals surface area contributed by atoms with E-state index in [1.807, 2.05) is 54.6 Å². The van der Waals surface area contributed by atoms with Crippen LogP contribution in [0.15, 0.2) is 67.3 Å². The zero-order valence-electron chi connectivity index (χ0n) is 15.0. The first-order valence-corrected chi connectivity index (χ1v) is 8.65. The van der Waals surface area contributed by atoms with Crippen LogP contribution in [0, 0.1) is 0 Å².